The maximum atomic E-state index is 11.0. The van der Waals surface area contributed by atoms with Crippen LogP contribution >= 0.6 is 0 Å². The summed E-state index contributed by atoms with van der Waals surface area (Å²) in [5.74, 6) is 0. The van der Waals surface area contributed by atoms with Gasteiger partial charge in [-0.25, -0.2) is 0 Å². The molecule has 0 heterocycles. The number of rotatable bonds is 31. The minimum atomic E-state index is -1.21. The molecule has 0 saturated carbocycles. The topological polar surface area (TPSA) is 162 Å². The lowest BCUT2D eigenvalue weighted by molar-refractivity contribution is -0.0649. The molecule has 314 valence electrons. The van der Waals surface area contributed by atoms with Crippen molar-refractivity contribution in [1.82, 2.24) is 0 Å². The van der Waals surface area contributed by atoms with E-state index in [2.05, 4.69) is 32.9 Å². The fourth-order valence-corrected chi connectivity index (χ4v) is 7.13. The van der Waals surface area contributed by atoms with Crippen LogP contribution < -0.4 is 0 Å². The van der Waals surface area contributed by atoms with Crippen molar-refractivity contribution < 1.29 is 40.9 Å². The van der Waals surface area contributed by atoms with Gasteiger partial charge in [0.15, 0.2) is 0 Å². The standard InChI is InChI=1S/C45H86O8/c1-36(19-12-21-38(3)24-35-46)18-11-20-37(2)22-13-25-41(6,49)26-14-27-42(7,50)28-15-29-43(8,51)30-16-31-44(9,52)32-17-33-45(10,53)34-23-39(47)40(4,5)48/h19-20,24,39,46-53H,11-18,21-23,25-35H2,1-10H3/b36-19+,37-20-,38-24+/t39-,41+,42-,43+,44-,45-/m0/s1. The highest BCUT2D eigenvalue weighted by Gasteiger charge is 2.31. The quantitative estimate of drug-likeness (QED) is 0.0326. The smallest absolute Gasteiger partial charge is 0.0849 e. The predicted octanol–water partition coefficient (Wildman–Crippen LogP) is 8.90. The summed E-state index contributed by atoms with van der Waals surface area (Å²) in [6.07, 6.45) is 20.1. The molecule has 8 heteroatoms. The Bertz CT molecular complexity index is 1070. The van der Waals surface area contributed by atoms with E-state index in [-0.39, 0.29) is 6.61 Å². The molecule has 8 nitrogen and oxygen atoms in total. The number of hydrogen-bond donors (Lipinski definition) is 8. The Morgan fingerprint density at radius 2 is 0.717 bits per heavy atom. The van der Waals surface area contributed by atoms with E-state index in [9.17, 15) is 35.7 Å². The van der Waals surface area contributed by atoms with E-state index >= 15 is 0 Å². The zero-order valence-electron chi connectivity index (χ0n) is 35.9. The Balaban J connectivity index is 4.36. The Labute approximate surface area is 325 Å². The third kappa shape index (κ3) is 28.9. The molecule has 0 rings (SSSR count). The third-order valence-electron chi connectivity index (χ3n) is 11.3. The molecule has 0 aromatic carbocycles. The summed E-state index contributed by atoms with van der Waals surface area (Å²) in [7, 11) is 0. The summed E-state index contributed by atoms with van der Waals surface area (Å²) in [6, 6.07) is 0. The first kappa shape index (κ1) is 51.9. The highest BCUT2D eigenvalue weighted by atomic mass is 16.3. The summed E-state index contributed by atoms with van der Waals surface area (Å²) in [5, 5.41) is 83.6. The van der Waals surface area contributed by atoms with Crippen molar-refractivity contribution in [3.8, 4) is 0 Å². The van der Waals surface area contributed by atoms with Gasteiger partial charge < -0.3 is 40.9 Å². The zero-order valence-corrected chi connectivity index (χ0v) is 35.9. The molecule has 0 radical (unpaired) electrons. The van der Waals surface area contributed by atoms with Crippen LogP contribution in [0.3, 0.4) is 0 Å². The van der Waals surface area contributed by atoms with Gasteiger partial charge in [-0.1, -0.05) is 34.9 Å². The summed E-state index contributed by atoms with van der Waals surface area (Å²) >= 11 is 0. The molecule has 0 aliphatic carbocycles. The molecule has 0 aliphatic rings. The minimum absolute atomic E-state index is 0.109. The molecule has 0 aromatic heterocycles. The van der Waals surface area contributed by atoms with Crippen LogP contribution in [0.5, 0.6) is 0 Å². The lowest BCUT2D eigenvalue weighted by Crippen LogP contribution is -2.38. The van der Waals surface area contributed by atoms with Crippen LogP contribution in [-0.2, 0) is 0 Å². The van der Waals surface area contributed by atoms with E-state index in [0.29, 0.717) is 83.5 Å². The number of aliphatic hydroxyl groups excluding tert-OH is 2. The van der Waals surface area contributed by atoms with Crippen LogP contribution in [0.15, 0.2) is 34.9 Å². The molecule has 0 amide bonds. The predicted molar refractivity (Wildman–Crippen MR) is 221 cm³/mol. The maximum Gasteiger partial charge on any atom is 0.0849 e. The largest absolute Gasteiger partial charge is 0.392 e. The van der Waals surface area contributed by atoms with Crippen LogP contribution in [0.25, 0.3) is 0 Å². The van der Waals surface area contributed by atoms with Crippen molar-refractivity contribution in [3.05, 3.63) is 34.9 Å². The van der Waals surface area contributed by atoms with Crippen molar-refractivity contribution in [2.75, 3.05) is 6.61 Å². The summed E-state index contributed by atoms with van der Waals surface area (Å²) in [5.41, 5.74) is -1.63. The van der Waals surface area contributed by atoms with Crippen LogP contribution in [0.4, 0.5) is 0 Å². The minimum Gasteiger partial charge on any atom is -0.392 e. The first-order valence-corrected chi connectivity index (χ1v) is 20.8. The first-order valence-electron chi connectivity index (χ1n) is 20.8. The molecule has 53 heavy (non-hydrogen) atoms. The average Bonchev–Trinajstić information content (AvgIpc) is 2.98. The van der Waals surface area contributed by atoms with Crippen molar-refractivity contribution in [2.24, 2.45) is 0 Å². The highest BCUT2D eigenvalue weighted by Crippen LogP contribution is 2.31. The van der Waals surface area contributed by atoms with E-state index in [1.807, 2.05) is 26.8 Å². The second-order valence-corrected chi connectivity index (χ2v) is 18.9. The van der Waals surface area contributed by atoms with E-state index < -0.39 is 39.7 Å². The number of hydrogen-bond acceptors (Lipinski definition) is 8. The third-order valence-corrected chi connectivity index (χ3v) is 11.3. The molecule has 0 unspecified atom stereocenters. The Morgan fingerprint density at radius 1 is 0.434 bits per heavy atom. The van der Waals surface area contributed by atoms with Crippen molar-refractivity contribution in [2.45, 2.75) is 244 Å². The molecule has 0 aliphatic heterocycles. The van der Waals surface area contributed by atoms with Gasteiger partial charge in [-0.2, -0.15) is 0 Å². The van der Waals surface area contributed by atoms with Gasteiger partial charge in [0.1, 0.15) is 0 Å². The van der Waals surface area contributed by atoms with Gasteiger partial charge in [0.25, 0.3) is 0 Å². The maximum absolute atomic E-state index is 11.0. The summed E-state index contributed by atoms with van der Waals surface area (Å²) < 4.78 is 0. The van der Waals surface area contributed by atoms with Gasteiger partial charge in [-0.15, -0.1) is 0 Å². The van der Waals surface area contributed by atoms with Gasteiger partial charge in [0.2, 0.25) is 0 Å². The molecule has 6 atom stereocenters. The molecule has 0 bridgehead atoms. The average molecular weight is 755 g/mol. The molecule has 0 fully saturated rings. The molecule has 8 N–H and O–H groups in total. The fourth-order valence-electron chi connectivity index (χ4n) is 7.13. The van der Waals surface area contributed by atoms with Gasteiger partial charge >= 0.3 is 0 Å². The second-order valence-electron chi connectivity index (χ2n) is 18.9. The van der Waals surface area contributed by atoms with Crippen molar-refractivity contribution >= 4 is 0 Å². The van der Waals surface area contributed by atoms with E-state index in [0.717, 1.165) is 51.4 Å². The SMILES string of the molecule is C/C(=C/CC/C(C)=C/CC/C(C)=C/CO)CCC[C@@](C)(O)CCC[C@](C)(O)CCC[C@@](C)(O)CCC[C@](C)(O)CCC[C@](C)(O)CC[C@H](O)C(C)(C)O. The monoisotopic (exact) mass is 755 g/mol. The molecular weight excluding hydrogens is 668 g/mol. The molecular formula is C45H86O8. The van der Waals surface area contributed by atoms with Gasteiger partial charge in [-0.3, -0.25) is 0 Å². The van der Waals surface area contributed by atoms with Gasteiger partial charge in [-0.05, 0) is 204 Å². The van der Waals surface area contributed by atoms with E-state index in [1.165, 1.54) is 16.7 Å². The normalized spacial score (nSPS) is 19.9. The Morgan fingerprint density at radius 3 is 1.04 bits per heavy atom. The lowest BCUT2D eigenvalue weighted by atomic mass is 9.83. The first-order chi connectivity index (χ1) is 24.2. The van der Waals surface area contributed by atoms with Gasteiger partial charge in [0, 0.05) is 0 Å². The molecule has 0 saturated heterocycles. The van der Waals surface area contributed by atoms with E-state index in [1.54, 1.807) is 27.7 Å². The lowest BCUT2D eigenvalue weighted by Gasteiger charge is -2.31. The Hall–Kier alpha value is -1.10. The van der Waals surface area contributed by atoms with E-state index in [4.69, 9.17) is 5.11 Å². The van der Waals surface area contributed by atoms with Crippen LogP contribution in [0.2, 0.25) is 0 Å². The van der Waals surface area contributed by atoms with Crippen molar-refractivity contribution in [3.63, 3.8) is 0 Å². The van der Waals surface area contributed by atoms with Crippen LogP contribution in [0, 0.1) is 0 Å². The zero-order chi connectivity index (χ0) is 41.0. The summed E-state index contributed by atoms with van der Waals surface area (Å²) in [6.45, 7) is 18.7. The number of aliphatic hydroxyl groups is 8. The highest BCUT2D eigenvalue weighted by molar-refractivity contribution is 5.06. The van der Waals surface area contributed by atoms with Crippen LogP contribution in [0.1, 0.15) is 204 Å². The van der Waals surface area contributed by atoms with Gasteiger partial charge in [0.05, 0.1) is 46.3 Å². The Kier molecular flexibility index (Phi) is 24.0. The van der Waals surface area contributed by atoms with Crippen molar-refractivity contribution in [1.29, 1.82) is 0 Å². The second kappa shape index (κ2) is 24.5. The fraction of sp³-hybridized carbons (Fsp3) is 0.867. The van der Waals surface area contributed by atoms with Crippen LogP contribution in [-0.4, -0.2) is 87.2 Å². The number of allylic oxidation sites excluding steroid dienone is 5. The summed E-state index contributed by atoms with van der Waals surface area (Å²) in [4.78, 5) is 0. The molecule has 0 aromatic rings. The molecule has 0 spiro atoms.